The zero-order valence-electron chi connectivity index (χ0n) is 10.6. The molecule has 1 saturated heterocycles. The molecule has 0 radical (unpaired) electrons. The summed E-state index contributed by atoms with van der Waals surface area (Å²) in [5, 5.41) is 10.4. The number of fused-ring (bicyclic) bond motifs is 1. The van der Waals surface area contributed by atoms with E-state index in [2.05, 4.69) is 4.90 Å². The van der Waals surface area contributed by atoms with E-state index in [0.29, 0.717) is 11.5 Å². The number of benzene rings is 1. The summed E-state index contributed by atoms with van der Waals surface area (Å²) in [5.74, 6) is -0.868. The van der Waals surface area contributed by atoms with Gasteiger partial charge in [0.1, 0.15) is 4.88 Å². The molecule has 4 nitrogen and oxygen atoms in total. The summed E-state index contributed by atoms with van der Waals surface area (Å²) in [7, 11) is 2.03. The van der Waals surface area contributed by atoms with Crippen molar-refractivity contribution in [2.75, 3.05) is 26.7 Å². The molecule has 100 valence electrons. The first-order valence-electron chi connectivity index (χ1n) is 6.21. The van der Waals surface area contributed by atoms with E-state index >= 15 is 0 Å². The van der Waals surface area contributed by atoms with Crippen LogP contribution in [0.1, 0.15) is 21.3 Å². The molecule has 1 N–H and O–H groups in total. The molecule has 0 spiro atoms. The van der Waals surface area contributed by atoms with Crippen molar-refractivity contribution in [2.45, 2.75) is 6.10 Å². The van der Waals surface area contributed by atoms with E-state index in [9.17, 15) is 9.90 Å². The Hall–Kier alpha value is -1.43. The minimum atomic E-state index is -0.868. The minimum absolute atomic E-state index is 0.152. The van der Waals surface area contributed by atoms with E-state index in [1.54, 1.807) is 0 Å². The molecular formula is C14H15NO3S. The molecule has 0 aliphatic carbocycles. The topological polar surface area (TPSA) is 49.8 Å². The normalized spacial score (nSPS) is 20.8. The molecule has 0 unspecified atom stereocenters. The standard InChI is InChI=1S/C14H15NO3S/c1-15-6-7-18-10(8-15)12-9-4-2-3-5-11(9)19-13(12)14(16)17/h2-5,10H,6-8H2,1H3,(H,16,17)/t10-/m0/s1. The molecule has 0 bridgehead atoms. The molecule has 1 aliphatic heterocycles. The highest BCUT2D eigenvalue weighted by atomic mass is 32.1. The van der Waals surface area contributed by atoms with Crippen LogP contribution in [0, 0.1) is 0 Å². The van der Waals surface area contributed by atoms with Gasteiger partial charge < -0.3 is 14.7 Å². The lowest BCUT2D eigenvalue weighted by molar-refractivity contribution is -0.0204. The maximum atomic E-state index is 11.5. The van der Waals surface area contributed by atoms with Gasteiger partial charge in [0.15, 0.2) is 0 Å². The fourth-order valence-electron chi connectivity index (χ4n) is 2.50. The third-order valence-corrected chi connectivity index (χ3v) is 4.59. The highest BCUT2D eigenvalue weighted by molar-refractivity contribution is 7.21. The van der Waals surface area contributed by atoms with Crippen molar-refractivity contribution in [2.24, 2.45) is 0 Å². The first-order chi connectivity index (χ1) is 9.16. The minimum Gasteiger partial charge on any atom is -0.477 e. The first-order valence-corrected chi connectivity index (χ1v) is 7.03. The molecular weight excluding hydrogens is 262 g/mol. The van der Waals surface area contributed by atoms with E-state index in [4.69, 9.17) is 4.74 Å². The molecule has 0 amide bonds. The summed E-state index contributed by atoms with van der Waals surface area (Å²) in [5.41, 5.74) is 0.833. The third kappa shape index (κ3) is 2.25. The smallest absolute Gasteiger partial charge is 0.346 e. The van der Waals surface area contributed by atoms with Gasteiger partial charge in [0.05, 0.1) is 12.7 Å². The Morgan fingerprint density at radius 3 is 3.00 bits per heavy atom. The predicted octanol–water partition coefficient (Wildman–Crippen LogP) is 2.60. The van der Waals surface area contributed by atoms with Gasteiger partial charge in [0.2, 0.25) is 0 Å². The number of likely N-dealkylation sites (N-methyl/N-ethyl adjacent to an activating group) is 1. The van der Waals surface area contributed by atoms with Gasteiger partial charge in [-0.15, -0.1) is 11.3 Å². The number of carboxylic acid groups (broad SMARTS) is 1. The van der Waals surface area contributed by atoms with Crippen LogP contribution in [0.15, 0.2) is 24.3 Å². The number of hydrogen-bond acceptors (Lipinski definition) is 4. The van der Waals surface area contributed by atoms with Crippen LogP contribution in [-0.2, 0) is 4.74 Å². The SMILES string of the molecule is CN1CCO[C@H](c2c(C(=O)O)sc3ccccc23)C1. The van der Waals surface area contributed by atoms with Gasteiger partial charge >= 0.3 is 5.97 Å². The van der Waals surface area contributed by atoms with Crippen molar-refractivity contribution in [1.29, 1.82) is 0 Å². The number of morpholine rings is 1. The maximum Gasteiger partial charge on any atom is 0.346 e. The third-order valence-electron chi connectivity index (χ3n) is 3.42. The summed E-state index contributed by atoms with van der Waals surface area (Å²) < 4.78 is 6.80. The van der Waals surface area contributed by atoms with Gasteiger partial charge in [0, 0.05) is 23.4 Å². The molecule has 2 heterocycles. The number of hydrogen-bond donors (Lipinski definition) is 1. The van der Waals surface area contributed by atoms with Gasteiger partial charge in [-0.1, -0.05) is 18.2 Å². The van der Waals surface area contributed by atoms with Crippen LogP contribution in [0.3, 0.4) is 0 Å². The maximum absolute atomic E-state index is 11.5. The van der Waals surface area contributed by atoms with E-state index in [-0.39, 0.29) is 6.10 Å². The number of rotatable bonds is 2. The Labute approximate surface area is 115 Å². The molecule has 3 rings (SSSR count). The Kier molecular flexibility index (Phi) is 3.26. The quantitative estimate of drug-likeness (QED) is 0.916. The summed E-state index contributed by atoms with van der Waals surface area (Å²) in [6.45, 7) is 2.27. The molecule has 1 atom stereocenters. The first kappa shape index (κ1) is 12.6. The molecule has 1 aromatic heterocycles. The van der Waals surface area contributed by atoms with Crippen LogP contribution in [-0.4, -0.2) is 42.7 Å². The number of carboxylic acids is 1. The Balaban J connectivity index is 2.14. The highest BCUT2D eigenvalue weighted by Crippen LogP contribution is 2.37. The van der Waals surface area contributed by atoms with Gasteiger partial charge in [-0.2, -0.15) is 0 Å². The van der Waals surface area contributed by atoms with E-state index in [0.717, 1.165) is 28.7 Å². The van der Waals surface area contributed by atoms with E-state index in [1.165, 1.54) is 11.3 Å². The molecule has 19 heavy (non-hydrogen) atoms. The van der Waals surface area contributed by atoms with Crippen molar-refractivity contribution in [3.05, 3.63) is 34.7 Å². The highest BCUT2D eigenvalue weighted by Gasteiger charge is 2.28. The second-order valence-electron chi connectivity index (χ2n) is 4.77. The second kappa shape index (κ2) is 4.92. The summed E-state index contributed by atoms with van der Waals surface area (Å²) in [6, 6.07) is 7.81. The monoisotopic (exact) mass is 277 g/mol. The van der Waals surface area contributed by atoms with Crippen molar-refractivity contribution in [3.8, 4) is 0 Å². The summed E-state index contributed by atoms with van der Waals surface area (Å²) in [4.78, 5) is 14.0. The lowest BCUT2D eigenvalue weighted by Crippen LogP contribution is -2.35. The lowest BCUT2D eigenvalue weighted by Gasteiger charge is -2.30. The zero-order chi connectivity index (χ0) is 13.4. The Morgan fingerprint density at radius 1 is 1.47 bits per heavy atom. The van der Waals surface area contributed by atoms with E-state index in [1.807, 2.05) is 31.3 Å². The van der Waals surface area contributed by atoms with Crippen molar-refractivity contribution < 1.29 is 14.6 Å². The molecule has 2 aromatic rings. The van der Waals surface area contributed by atoms with Crippen molar-refractivity contribution in [3.63, 3.8) is 0 Å². The second-order valence-corrected chi connectivity index (χ2v) is 5.82. The van der Waals surface area contributed by atoms with Gasteiger partial charge in [-0.25, -0.2) is 4.79 Å². The van der Waals surface area contributed by atoms with Gasteiger partial charge in [0.25, 0.3) is 0 Å². The van der Waals surface area contributed by atoms with Crippen LogP contribution in [0.4, 0.5) is 0 Å². The summed E-state index contributed by atoms with van der Waals surface area (Å²) >= 11 is 1.33. The molecule has 0 saturated carbocycles. The Bertz CT molecular complexity index is 622. The van der Waals surface area contributed by atoms with Gasteiger partial charge in [-0.3, -0.25) is 0 Å². The van der Waals surface area contributed by atoms with Crippen molar-refractivity contribution in [1.82, 2.24) is 4.90 Å². The van der Waals surface area contributed by atoms with Crippen LogP contribution in [0.5, 0.6) is 0 Å². The number of nitrogens with zero attached hydrogens (tertiary/aromatic N) is 1. The van der Waals surface area contributed by atoms with Crippen LogP contribution in [0.2, 0.25) is 0 Å². The lowest BCUT2D eigenvalue weighted by atomic mass is 10.0. The number of carbonyl (C=O) groups is 1. The Morgan fingerprint density at radius 2 is 2.26 bits per heavy atom. The predicted molar refractivity (Wildman–Crippen MR) is 75.0 cm³/mol. The van der Waals surface area contributed by atoms with Crippen LogP contribution < -0.4 is 0 Å². The average Bonchev–Trinajstić information content (AvgIpc) is 2.78. The largest absolute Gasteiger partial charge is 0.477 e. The fourth-order valence-corrected chi connectivity index (χ4v) is 3.59. The van der Waals surface area contributed by atoms with Crippen molar-refractivity contribution >= 4 is 27.4 Å². The number of aromatic carboxylic acids is 1. The zero-order valence-corrected chi connectivity index (χ0v) is 11.4. The molecule has 1 aliphatic rings. The molecule has 1 fully saturated rings. The summed E-state index contributed by atoms with van der Waals surface area (Å²) in [6.07, 6.45) is -0.152. The number of thiophene rings is 1. The average molecular weight is 277 g/mol. The molecule has 5 heteroatoms. The van der Waals surface area contributed by atoms with Crippen LogP contribution >= 0.6 is 11.3 Å². The molecule has 1 aromatic carbocycles. The fraction of sp³-hybridized carbons (Fsp3) is 0.357. The van der Waals surface area contributed by atoms with Crippen LogP contribution in [0.25, 0.3) is 10.1 Å². The van der Waals surface area contributed by atoms with Gasteiger partial charge in [-0.05, 0) is 18.5 Å². The number of ether oxygens (including phenoxy) is 1. The van der Waals surface area contributed by atoms with E-state index < -0.39 is 5.97 Å².